The molecule has 0 aromatic heterocycles. The van der Waals surface area contributed by atoms with Gasteiger partial charge in [-0.05, 0) is 24.1 Å². The molecule has 1 rings (SSSR count). The molecule has 0 amide bonds. The van der Waals surface area contributed by atoms with Crippen LogP contribution in [0.15, 0.2) is 29.2 Å². The maximum atomic E-state index is 11.5. The minimum absolute atomic E-state index is 0.248. The van der Waals surface area contributed by atoms with E-state index in [1.807, 2.05) is 31.2 Å². The number of sulfone groups is 1. The normalized spacial score (nSPS) is 11.6. The first-order chi connectivity index (χ1) is 8.07. The molecule has 0 fully saturated rings. The fraction of sp³-hybridized carbons (Fsp3) is 0.500. The Labute approximate surface area is 108 Å². The van der Waals surface area contributed by atoms with Crippen molar-refractivity contribution in [3.8, 4) is 0 Å². The van der Waals surface area contributed by atoms with E-state index in [2.05, 4.69) is 0 Å². The van der Waals surface area contributed by atoms with Gasteiger partial charge in [-0.3, -0.25) is 0 Å². The number of thioether (sulfide) groups is 1. The molecule has 0 aliphatic rings. The largest absolute Gasteiger partial charge is 0.326 e. The third-order valence-corrected chi connectivity index (χ3v) is 5.42. The van der Waals surface area contributed by atoms with Crippen LogP contribution in [0.3, 0.4) is 0 Å². The molecule has 3 nitrogen and oxygen atoms in total. The van der Waals surface area contributed by atoms with Gasteiger partial charge in [0.2, 0.25) is 0 Å². The summed E-state index contributed by atoms with van der Waals surface area (Å²) >= 11 is 1.57. The molecule has 0 saturated heterocycles. The van der Waals surface area contributed by atoms with E-state index in [0.717, 1.165) is 10.5 Å². The summed E-state index contributed by atoms with van der Waals surface area (Å²) in [5.41, 5.74) is 6.63. The molecular weight excluding hydrogens is 254 g/mol. The predicted octanol–water partition coefficient (Wildman–Crippen LogP) is 2.06. The Morgan fingerprint density at radius 1 is 1.29 bits per heavy atom. The second-order valence-corrected chi connectivity index (χ2v) is 7.32. The Hall–Kier alpha value is -0.520. The van der Waals surface area contributed by atoms with Crippen LogP contribution < -0.4 is 5.73 Å². The van der Waals surface area contributed by atoms with Gasteiger partial charge in [-0.15, -0.1) is 11.8 Å². The van der Waals surface area contributed by atoms with Crippen LogP contribution in [0, 0.1) is 0 Å². The smallest absolute Gasteiger partial charge is 0.151 e. The third kappa shape index (κ3) is 5.57. The first-order valence-corrected chi connectivity index (χ1v) is 8.50. The van der Waals surface area contributed by atoms with Crippen molar-refractivity contribution in [1.82, 2.24) is 0 Å². The fourth-order valence-electron chi connectivity index (χ4n) is 1.46. The molecule has 5 heteroatoms. The van der Waals surface area contributed by atoms with Gasteiger partial charge in [0.05, 0.1) is 5.75 Å². The van der Waals surface area contributed by atoms with Crippen molar-refractivity contribution < 1.29 is 8.42 Å². The second-order valence-electron chi connectivity index (χ2n) is 3.85. The lowest BCUT2D eigenvalue weighted by molar-refractivity contribution is 0.596. The quantitative estimate of drug-likeness (QED) is 0.773. The summed E-state index contributed by atoms with van der Waals surface area (Å²) in [7, 11) is -2.86. The molecule has 0 unspecified atom stereocenters. The van der Waals surface area contributed by atoms with Crippen LogP contribution in [-0.2, 0) is 16.4 Å². The van der Waals surface area contributed by atoms with Gasteiger partial charge in [-0.1, -0.05) is 19.1 Å². The molecule has 0 aliphatic heterocycles. The van der Waals surface area contributed by atoms with E-state index in [-0.39, 0.29) is 11.5 Å². The van der Waals surface area contributed by atoms with Crippen molar-refractivity contribution in [2.45, 2.75) is 24.8 Å². The van der Waals surface area contributed by atoms with Crippen molar-refractivity contribution >= 4 is 21.6 Å². The van der Waals surface area contributed by atoms with Crippen LogP contribution in [0.4, 0.5) is 0 Å². The van der Waals surface area contributed by atoms with Crippen molar-refractivity contribution in [2.24, 2.45) is 5.73 Å². The lowest BCUT2D eigenvalue weighted by Gasteiger charge is -2.04. The minimum Gasteiger partial charge on any atom is -0.326 e. The molecule has 0 saturated carbocycles. The molecule has 0 radical (unpaired) electrons. The van der Waals surface area contributed by atoms with Gasteiger partial charge in [-0.2, -0.15) is 0 Å². The standard InChI is InChI=1S/C12H19NO2S2/c1-2-7-17(14,15)8-6-16-12-5-3-4-11(9-12)10-13/h3-5,9H,2,6-8,10,13H2,1H3. The monoisotopic (exact) mass is 273 g/mol. The Morgan fingerprint density at radius 3 is 2.71 bits per heavy atom. The zero-order valence-corrected chi connectivity index (χ0v) is 11.7. The van der Waals surface area contributed by atoms with E-state index in [4.69, 9.17) is 5.73 Å². The summed E-state index contributed by atoms with van der Waals surface area (Å²) < 4.78 is 23.0. The lowest BCUT2D eigenvalue weighted by atomic mass is 10.2. The Balaban J connectivity index is 2.45. The van der Waals surface area contributed by atoms with Gasteiger partial charge in [0, 0.05) is 22.9 Å². The van der Waals surface area contributed by atoms with Gasteiger partial charge in [0.1, 0.15) is 0 Å². The number of rotatable bonds is 7. The highest BCUT2D eigenvalue weighted by Gasteiger charge is 2.08. The molecule has 0 atom stereocenters. The van der Waals surface area contributed by atoms with Crippen LogP contribution in [0.25, 0.3) is 0 Å². The van der Waals surface area contributed by atoms with Gasteiger partial charge >= 0.3 is 0 Å². The summed E-state index contributed by atoms with van der Waals surface area (Å²) in [6.45, 7) is 2.40. The molecular formula is C12H19NO2S2. The fourth-order valence-corrected chi connectivity index (χ4v) is 4.28. The number of benzene rings is 1. The van der Waals surface area contributed by atoms with E-state index >= 15 is 0 Å². The highest BCUT2D eigenvalue weighted by Crippen LogP contribution is 2.19. The van der Waals surface area contributed by atoms with E-state index in [1.165, 1.54) is 0 Å². The Morgan fingerprint density at radius 2 is 2.06 bits per heavy atom. The molecule has 0 aliphatic carbocycles. The van der Waals surface area contributed by atoms with Crippen molar-refractivity contribution in [2.75, 3.05) is 17.3 Å². The summed E-state index contributed by atoms with van der Waals surface area (Å²) in [5.74, 6) is 1.14. The third-order valence-electron chi connectivity index (χ3n) is 2.31. The average Bonchev–Trinajstić information content (AvgIpc) is 2.29. The molecule has 96 valence electrons. The number of hydrogen-bond donors (Lipinski definition) is 1. The Kier molecular flexibility index (Phi) is 6.02. The highest BCUT2D eigenvalue weighted by atomic mass is 32.2. The van der Waals surface area contributed by atoms with Crippen LogP contribution in [-0.4, -0.2) is 25.7 Å². The average molecular weight is 273 g/mol. The molecule has 0 spiro atoms. The van der Waals surface area contributed by atoms with E-state index < -0.39 is 9.84 Å². The van der Waals surface area contributed by atoms with Gasteiger partial charge < -0.3 is 5.73 Å². The maximum absolute atomic E-state index is 11.5. The van der Waals surface area contributed by atoms with Crippen molar-refractivity contribution in [3.05, 3.63) is 29.8 Å². The van der Waals surface area contributed by atoms with Gasteiger partial charge in [0.15, 0.2) is 9.84 Å². The topological polar surface area (TPSA) is 60.2 Å². The SMILES string of the molecule is CCCS(=O)(=O)CCSc1cccc(CN)c1. The van der Waals surface area contributed by atoms with Gasteiger partial charge in [-0.25, -0.2) is 8.42 Å². The molecule has 17 heavy (non-hydrogen) atoms. The maximum Gasteiger partial charge on any atom is 0.151 e. The predicted molar refractivity (Wildman–Crippen MR) is 74.0 cm³/mol. The minimum atomic E-state index is -2.86. The van der Waals surface area contributed by atoms with Gasteiger partial charge in [0.25, 0.3) is 0 Å². The molecule has 1 aromatic rings. The Bertz CT molecular complexity index is 444. The molecule has 2 N–H and O–H groups in total. The molecule has 0 bridgehead atoms. The second kappa shape index (κ2) is 7.03. The van der Waals surface area contributed by atoms with E-state index in [0.29, 0.717) is 18.7 Å². The lowest BCUT2D eigenvalue weighted by Crippen LogP contribution is -2.12. The van der Waals surface area contributed by atoms with Crippen molar-refractivity contribution in [1.29, 1.82) is 0 Å². The van der Waals surface area contributed by atoms with Crippen LogP contribution in [0.1, 0.15) is 18.9 Å². The first kappa shape index (κ1) is 14.5. The first-order valence-electron chi connectivity index (χ1n) is 5.69. The highest BCUT2D eigenvalue weighted by molar-refractivity contribution is 8.00. The molecule has 1 aromatic carbocycles. The zero-order chi connectivity index (χ0) is 12.7. The van der Waals surface area contributed by atoms with E-state index in [1.54, 1.807) is 11.8 Å². The summed E-state index contributed by atoms with van der Waals surface area (Å²) in [4.78, 5) is 1.08. The summed E-state index contributed by atoms with van der Waals surface area (Å²) in [6, 6.07) is 7.91. The number of hydrogen-bond acceptors (Lipinski definition) is 4. The zero-order valence-electron chi connectivity index (χ0n) is 10.1. The molecule has 0 heterocycles. The van der Waals surface area contributed by atoms with Crippen LogP contribution in [0.2, 0.25) is 0 Å². The van der Waals surface area contributed by atoms with Crippen molar-refractivity contribution in [3.63, 3.8) is 0 Å². The van der Waals surface area contributed by atoms with Crippen LogP contribution >= 0.6 is 11.8 Å². The summed E-state index contributed by atoms with van der Waals surface area (Å²) in [5, 5.41) is 0. The summed E-state index contributed by atoms with van der Waals surface area (Å²) in [6.07, 6.45) is 0.690. The number of nitrogens with two attached hydrogens (primary N) is 1. The van der Waals surface area contributed by atoms with E-state index in [9.17, 15) is 8.42 Å². The van der Waals surface area contributed by atoms with Crippen LogP contribution in [0.5, 0.6) is 0 Å².